The quantitative estimate of drug-likeness (QED) is 0.643. The van der Waals surface area contributed by atoms with E-state index in [1.165, 1.54) is 7.11 Å². The first-order chi connectivity index (χ1) is 9.97. The van der Waals surface area contributed by atoms with Crippen molar-refractivity contribution in [1.82, 2.24) is 5.32 Å². The minimum absolute atomic E-state index is 0.311. The zero-order valence-corrected chi connectivity index (χ0v) is 12.6. The molecule has 0 unspecified atom stereocenters. The van der Waals surface area contributed by atoms with Crippen LogP contribution < -0.4 is 5.32 Å². The Morgan fingerprint density at radius 3 is 2.43 bits per heavy atom. The maximum Gasteiger partial charge on any atom is 0.328 e. The first-order valence-corrected chi connectivity index (χ1v) is 6.82. The number of nitrogens with zero attached hydrogens (tertiary/aromatic N) is 1. The molecular weight excluding hydrogens is 268 g/mol. The lowest BCUT2D eigenvalue weighted by atomic mass is 10.1. The van der Waals surface area contributed by atoms with Crippen molar-refractivity contribution in [3.8, 4) is 6.07 Å². The summed E-state index contributed by atoms with van der Waals surface area (Å²) >= 11 is 0. The number of carbonyl (C=O) groups is 2. The second kappa shape index (κ2) is 8.05. The lowest BCUT2D eigenvalue weighted by Crippen LogP contribution is -2.41. The second-order valence-electron chi connectivity index (χ2n) is 4.98. The van der Waals surface area contributed by atoms with Crippen LogP contribution in [0.4, 0.5) is 0 Å². The predicted octanol–water partition coefficient (Wildman–Crippen LogP) is 2.27. The summed E-state index contributed by atoms with van der Waals surface area (Å²) in [6.07, 6.45) is 1.26. The summed E-state index contributed by atoms with van der Waals surface area (Å²) in [4.78, 5) is 23.9. The molecule has 5 nitrogen and oxygen atoms in total. The van der Waals surface area contributed by atoms with Crippen molar-refractivity contribution < 1.29 is 14.3 Å². The third kappa shape index (κ3) is 5.27. The molecule has 0 bridgehead atoms. The Morgan fingerprint density at radius 1 is 1.29 bits per heavy atom. The number of carbonyl (C=O) groups excluding carboxylic acids is 2. The highest BCUT2D eigenvalue weighted by atomic mass is 16.5. The van der Waals surface area contributed by atoms with Gasteiger partial charge in [0.15, 0.2) is 0 Å². The van der Waals surface area contributed by atoms with E-state index in [2.05, 4.69) is 5.32 Å². The molecule has 21 heavy (non-hydrogen) atoms. The van der Waals surface area contributed by atoms with Crippen LogP contribution in [-0.2, 0) is 9.53 Å². The number of ether oxygens (including phenoxy) is 1. The van der Waals surface area contributed by atoms with Gasteiger partial charge in [0, 0.05) is 12.0 Å². The molecule has 0 aromatic heterocycles. The summed E-state index contributed by atoms with van der Waals surface area (Å²) in [7, 11) is 1.28. The van der Waals surface area contributed by atoms with E-state index in [0.29, 0.717) is 24.8 Å². The van der Waals surface area contributed by atoms with Gasteiger partial charge in [-0.3, -0.25) is 4.79 Å². The Balaban J connectivity index is 2.79. The second-order valence-corrected chi connectivity index (χ2v) is 4.98. The molecule has 0 spiro atoms. The molecule has 1 atom stereocenters. The molecular formula is C16H20N2O3. The molecule has 1 aromatic carbocycles. The zero-order chi connectivity index (χ0) is 15.8. The molecule has 0 aliphatic rings. The average Bonchev–Trinajstić information content (AvgIpc) is 2.44. The topological polar surface area (TPSA) is 79.2 Å². The Labute approximate surface area is 124 Å². The minimum Gasteiger partial charge on any atom is -0.467 e. The van der Waals surface area contributed by atoms with Crippen LogP contribution in [-0.4, -0.2) is 25.0 Å². The van der Waals surface area contributed by atoms with Crippen molar-refractivity contribution >= 4 is 11.9 Å². The van der Waals surface area contributed by atoms with E-state index < -0.39 is 12.0 Å². The minimum atomic E-state index is -0.725. The fourth-order valence-corrected chi connectivity index (χ4v) is 2.12. The van der Waals surface area contributed by atoms with Crippen LogP contribution >= 0.6 is 0 Å². The zero-order valence-electron chi connectivity index (χ0n) is 12.6. The lowest BCUT2D eigenvalue weighted by molar-refractivity contribution is -0.143. The number of amides is 1. The van der Waals surface area contributed by atoms with Gasteiger partial charge in [-0.05, 0) is 38.8 Å². The molecule has 1 aromatic rings. The molecule has 1 N–H and O–H groups in total. The van der Waals surface area contributed by atoms with Gasteiger partial charge in [0.25, 0.3) is 5.91 Å². The van der Waals surface area contributed by atoms with E-state index in [9.17, 15) is 9.59 Å². The van der Waals surface area contributed by atoms with Gasteiger partial charge in [-0.25, -0.2) is 4.79 Å². The third-order valence-electron chi connectivity index (χ3n) is 3.06. The van der Waals surface area contributed by atoms with Crippen molar-refractivity contribution in [2.75, 3.05) is 7.11 Å². The van der Waals surface area contributed by atoms with Crippen LogP contribution in [0, 0.1) is 25.2 Å². The predicted molar refractivity (Wildman–Crippen MR) is 78.7 cm³/mol. The van der Waals surface area contributed by atoms with Crippen molar-refractivity contribution in [3.63, 3.8) is 0 Å². The fraction of sp³-hybridized carbons (Fsp3) is 0.438. The Kier molecular flexibility index (Phi) is 6.41. The van der Waals surface area contributed by atoms with Gasteiger partial charge in [0.05, 0.1) is 13.2 Å². The van der Waals surface area contributed by atoms with Crippen molar-refractivity contribution in [1.29, 1.82) is 5.26 Å². The number of aryl methyl sites for hydroxylation is 2. The molecule has 112 valence electrons. The van der Waals surface area contributed by atoms with E-state index in [0.717, 1.165) is 11.1 Å². The van der Waals surface area contributed by atoms with Crippen LogP contribution in [0.2, 0.25) is 0 Å². The SMILES string of the molecule is COC(=O)[C@H](CCCC#N)NC(=O)c1cc(C)cc(C)c1. The van der Waals surface area contributed by atoms with Crippen molar-refractivity contribution in [3.05, 3.63) is 34.9 Å². The number of rotatable bonds is 6. The molecule has 0 saturated carbocycles. The number of nitrogens with one attached hydrogen (secondary N) is 1. The Hall–Kier alpha value is -2.35. The highest BCUT2D eigenvalue weighted by Crippen LogP contribution is 2.10. The number of benzene rings is 1. The summed E-state index contributed by atoms with van der Waals surface area (Å²) in [6.45, 7) is 3.82. The first kappa shape index (κ1) is 16.7. The number of unbranched alkanes of at least 4 members (excludes halogenated alkanes) is 1. The Bertz CT molecular complexity index is 541. The molecule has 0 radical (unpaired) electrons. The average molecular weight is 288 g/mol. The number of hydrogen-bond acceptors (Lipinski definition) is 4. The number of nitriles is 1. The maximum atomic E-state index is 12.2. The van der Waals surface area contributed by atoms with Crippen LogP contribution in [0.1, 0.15) is 40.7 Å². The largest absolute Gasteiger partial charge is 0.467 e. The summed E-state index contributed by atoms with van der Waals surface area (Å²) in [5, 5.41) is 11.2. The molecule has 0 heterocycles. The molecule has 1 rings (SSSR count). The molecule has 0 aliphatic carbocycles. The number of methoxy groups -OCH3 is 1. The van der Waals surface area contributed by atoms with E-state index in [1.807, 2.05) is 26.0 Å². The first-order valence-electron chi connectivity index (χ1n) is 6.82. The molecule has 0 aliphatic heterocycles. The van der Waals surface area contributed by atoms with Gasteiger partial charge >= 0.3 is 5.97 Å². The van der Waals surface area contributed by atoms with Gasteiger partial charge < -0.3 is 10.1 Å². The standard InChI is InChI=1S/C16H20N2O3/c1-11-8-12(2)10-13(9-11)15(19)18-14(16(20)21-3)6-4-5-7-17/h8-10,14H,4-6H2,1-3H3,(H,18,19)/t14-/m0/s1. The monoisotopic (exact) mass is 288 g/mol. The fourth-order valence-electron chi connectivity index (χ4n) is 2.12. The van der Waals surface area contributed by atoms with Crippen LogP contribution in [0.3, 0.4) is 0 Å². The van der Waals surface area contributed by atoms with Crippen LogP contribution in [0.15, 0.2) is 18.2 Å². The van der Waals surface area contributed by atoms with Gasteiger partial charge in [-0.15, -0.1) is 0 Å². The highest BCUT2D eigenvalue weighted by Gasteiger charge is 2.21. The molecule has 1 amide bonds. The van der Waals surface area contributed by atoms with E-state index >= 15 is 0 Å². The van der Waals surface area contributed by atoms with E-state index in [4.69, 9.17) is 10.00 Å². The Morgan fingerprint density at radius 2 is 1.90 bits per heavy atom. The van der Waals surface area contributed by atoms with Crippen molar-refractivity contribution in [2.24, 2.45) is 0 Å². The van der Waals surface area contributed by atoms with Gasteiger partial charge in [-0.1, -0.05) is 17.2 Å². The van der Waals surface area contributed by atoms with Crippen molar-refractivity contribution in [2.45, 2.75) is 39.2 Å². The number of hydrogen-bond donors (Lipinski definition) is 1. The van der Waals surface area contributed by atoms with Gasteiger partial charge in [0.2, 0.25) is 0 Å². The summed E-state index contributed by atoms with van der Waals surface area (Å²) in [5.74, 6) is -0.806. The van der Waals surface area contributed by atoms with Crippen LogP contribution in [0.25, 0.3) is 0 Å². The summed E-state index contributed by atoms with van der Waals surface area (Å²) in [6, 6.07) is 6.80. The summed E-state index contributed by atoms with van der Waals surface area (Å²) in [5.41, 5.74) is 2.49. The van der Waals surface area contributed by atoms with E-state index in [-0.39, 0.29) is 5.91 Å². The maximum absolute atomic E-state index is 12.2. The van der Waals surface area contributed by atoms with Crippen LogP contribution in [0.5, 0.6) is 0 Å². The highest BCUT2D eigenvalue weighted by molar-refractivity contribution is 5.97. The van der Waals surface area contributed by atoms with Gasteiger partial charge in [-0.2, -0.15) is 5.26 Å². The van der Waals surface area contributed by atoms with Gasteiger partial charge in [0.1, 0.15) is 6.04 Å². The van der Waals surface area contributed by atoms with E-state index in [1.54, 1.807) is 12.1 Å². The lowest BCUT2D eigenvalue weighted by Gasteiger charge is -2.16. The molecule has 5 heteroatoms. The third-order valence-corrected chi connectivity index (χ3v) is 3.06. The smallest absolute Gasteiger partial charge is 0.328 e. The normalized spacial score (nSPS) is 11.3. The summed E-state index contributed by atoms with van der Waals surface area (Å²) < 4.78 is 4.69. The molecule has 0 saturated heterocycles. The molecule has 0 fully saturated rings. The number of esters is 1.